The number of benzene rings is 1. The van der Waals surface area contributed by atoms with E-state index in [0.717, 1.165) is 12.8 Å². The van der Waals surface area contributed by atoms with E-state index in [9.17, 15) is 14.0 Å². The van der Waals surface area contributed by atoms with Gasteiger partial charge in [0.15, 0.2) is 0 Å². The van der Waals surface area contributed by atoms with Crippen LogP contribution in [0.5, 0.6) is 0 Å². The summed E-state index contributed by atoms with van der Waals surface area (Å²) in [5, 5.41) is 5.10. The molecule has 0 spiro atoms. The first-order valence-electron chi connectivity index (χ1n) is 6.63. The van der Waals surface area contributed by atoms with Gasteiger partial charge in [0.25, 0.3) is 0 Å². The number of hydrogen-bond donors (Lipinski definition) is 3. The van der Waals surface area contributed by atoms with E-state index >= 15 is 0 Å². The zero-order valence-corrected chi connectivity index (χ0v) is 12.3. The second kappa shape index (κ2) is 7.95. The molecule has 0 aromatic heterocycles. The molecule has 5 nitrogen and oxygen atoms in total. The molecule has 0 saturated heterocycles. The molecule has 0 radical (unpaired) electrons. The van der Waals surface area contributed by atoms with Gasteiger partial charge in [0.1, 0.15) is 5.82 Å². The summed E-state index contributed by atoms with van der Waals surface area (Å²) in [7, 11) is 0. The minimum absolute atomic E-state index is 0. The van der Waals surface area contributed by atoms with Crippen LogP contribution in [-0.4, -0.2) is 24.4 Å². The third-order valence-corrected chi connectivity index (χ3v) is 3.38. The first kappa shape index (κ1) is 17.4. The molecule has 1 aromatic rings. The monoisotopic (exact) mass is 315 g/mol. The second-order valence-corrected chi connectivity index (χ2v) is 5.05. The van der Waals surface area contributed by atoms with Gasteiger partial charge in [0.05, 0.1) is 6.54 Å². The molecule has 4 N–H and O–H groups in total. The summed E-state index contributed by atoms with van der Waals surface area (Å²) < 4.78 is 12.9. The Balaban J connectivity index is 0.00000220. The maximum atomic E-state index is 12.9. The highest BCUT2D eigenvalue weighted by molar-refractivity contribution is 5.94. The quantitative estimate of drug-likeness (QED) is 0.786. The average molecular weight is 316 g/mol. The van der Waals surface area contributed by atoms with Crippen LogP contribution < -0.4 is 16.4 Å². The van der Waals surface area contributed by atoms with E-state index in [1.54, 1.807) is 6.07 Å². The second-order valence-electron chi connectivity index (χ2n) is 5.05. The maximum Gasteiger partial charge on any atom is 0.243 e. The molecular weight excluding hydrogens is 297 g/mol. The highest BCUT2D eigenvalue weighted by atomic mass is 35.5. The smallest absolute Gasteiger partial charge is 0.243 e. The fourth-order valence-corrected chi connectivity index (χ4v) is 2.34. The van der Waals surface area contributed by atoms with Gasteiger partial charge in [-0.3, -0.25) is 9.59 Å². The Hall–Kier alpha value is -1.66. The zero-order chi connectivity index (χ0) is 14.5. The molecule has 2 unspecified atom stereocenters. The fourth-order valence-electron chi connectivity index (χ4n) is 2.34. The Morgan fingerprint density at radius 1 is 1.33 bits per heavy atom. The van der Waals surface area contributed by atoms with E-state index in [1.165, 1.54) is 18.2 Å². The lowest BCUT2D eigenvalue weighted by atomic mass is 10.1. The SMILES string of the molecule is Cl.NC1CCC(C(=O)NCC(=O)Nc2cccc(F)c2)C1. The minimum Gasteiger partial charge on any atom is -0.347 e. The lowest BCUT2D eigenvalue weighted by Crippen LogP contribution is -2.36. The van der Waals surface area contributed by atoms with Gasteiger partial charge in [0, 0.05) is 17.6 Å². The normalized spacial score (nSPS) is 20.5. The molecule has 1 fully saturated rings. The van der Waals surface area contributed by atoms with Crippen molar-refractivity contribution in [1.29, 1.82) is 0 Å². The van der Waals surface area contributed by atoms with Crippen LogP contribution in [0.1, 0.15) is 19.3 Å². The predicted octanol–water partition coefficient (Wildman–Crippen LogP) is 1.43. The van der Waals surface area contributed by atoms with Crippen molar-refractivity contribution in [2.45, 2.75) is 25.3 Å². The van der Waals surface area contributed by atoms with Crippen LogP contribution in [0.2, 0.25) is 0 Å². The average Bonchev–Trinajstić information content (AvgIpc) is 2.83. The Labute approximate surface area is 128 Å². The van der Waals surface area contributed by atoms with Crippen molar-refractivity contribution < 1.29 is 14.0 Å². The van der Waals surface area contributed by atoms with Crippen molar-refractivity contribution in [2.75, 3.05) is 11.9 Å². The maximum absolute atomic E-state index is 12.9. The van der Waals surface area contributed by atoms with Gasteiger partial charge in [-0.2, -0.15) is 0 Å². The molecule has 1 saturated carbocycles. The Kier molecular flexibility index (Phi) is 6.58. The summed E-state index contributed by atoms with van der Waals surface area (Å²) in [6.45, 7) is -0.124. The van der Waals surface area contributed by atoms with Crippen LogP contribution in [0, 0.1) is 11.7 Å². The van der Waals surface area contributed by atoms with Crippen LogP contribution in [-0.2, 0) is 9.59 Å². The van der Waals surface area contributed by atoms with Crippen LogP contribution in [0.15, 0.2) is 24.3 Å². The van der Waals surface area contributed by atoms with E-state index in [0.29, 0.717) is 12.1 Å². The van der Waals surface area contributed by atoms with Gasteiger partial charge < -0.3 is 16.4 Å². The van der Waals surface area contributed by atoms with E-state index < -0.39 is 5.82 Å². The number of anilines is 1. The van der Waals surface area contributed by atoms with Gasteiger partial charge in [-0.15, -0.1) is 12.4 Å². The lowest BCUT2D eigenvalue weighted by Gasteiger charge is -2.11. The Morgan fingerprint density at radius 3 is 2.71 bits per heavy atom. The van der Waals surface area contributed by atoms with Crippen molar-refractivity contribution in [1.82, 2.24) is 5.32 Å². The van der Waals surface area contributed by atoms with E-state index in [1.807, 2.05) is 0 Å². The molecule has 21 heavy (non-hydrogen) atoms. The van der Waals surface area contributed by atoms with Crippen LogP contribution in [0.25, 0.3) is 0 Å². The predicted molar refractivity (Wildman–Crippen MR) is 80.6 cm³/mol. The van der Waals surface area contributed by atoms with Crippen LogP contribution in [0.3, 0.4) is 0 Å². The molecule has 0 aliphatic heterocycles. The Morgan fingerprint density at radius 2 is 2.10 bits per heavy atom. The third-order valence-electron chi connectivity index (χ3n) is 3.38. The number of nitrogens with two attached hydrogens (primary N) is 1. The first-order chi connectivity index (χ1) is 9.54. The Bertz CT molecular complexity index is 513. The van der Waals surface area contributed by atoms with Crippen molar-refractivity contribution in [3.63, 3.8) is 0 Å². The molecule has 0 heterocycles. The summed E-state index contributed by atoms with van der Waals surface area (Å²) in [4.78, 5) is 23.4. The van der Waals surface area contributed by atoms with Gasteiger partial charge in [-0.1, -0.05) is 6.07 Å². The van der Waals surface area contributed by atoms with Crippen molar-refractivity contribution in [3.8, 4) is 0 Å². The van der Waals surface area contributed by atoms with Crippen molar-refractivity contribution in [3.05, 3.63) is 30.1 Å². The highest BCUT2D eigenvalue weighted by Crippen LogP contribution is 2.23. The lowest BCUT2D eigenvalue weighted by molar-refractivity contribution is -0.127. The fraction of sp³-hybridized carbons (Fsp3) is 0.429. The van der Waals surface area contributed by atoms with E-state index in [2.05, 4.69) is 10.6 Å². The number of nitrogens with one attached hydrogen (secondary N) is 2. The molecule has 2 rings (SSSR count). The molecule has 0 bridgehead atoms. The molecule has 2 amide bonds. The van der Waals surface area contributed by atoms with E-state index in [-0.39, 0.29) is 42.7 Å². The molecule has 1 aliphatic carbocycles. The van der Waals surface area contributed by atoms with Crippen molar-refractivity contribution in [2.24, 2.45) is 11.7 Å². The molecule has 7 heteroatoms. The molecule has 1 aliphatic rings. The minimum atomic E-state index is -0.424. The molecule has 1 aromatic carbocycles. The largest absolute Gasteiger partial charge is 0.347 e. The zero-order valence-electron chi connectivity index (χ0n) is 11.5. The van der Waals surface area contributed by atoms with Gasteiger partial charge >= 0.3 is 0 Å². The van der Waals surface area contributed by atoms with Crippen LogP contribution >= 0.6 is 12.4 Å². The van der Waals surface area contributed by atoms with Gasteiger partial charge in [-0.25, -0.2) is 4.39 Å². The van der Waals surface area contributed by atoms with Crippen molar-refractivity contribution >= 4 is 29.9 Å². The number of hydrogen-bond acceptors (Lipinski definition) is 3. The number of carbonyl (C=O) groups is 2. The van der Waals surface area contributed by atoms with Gasteiger partial charge in [-0.05, 0) is 37.5 Å². The summed E-state index contributed by atoms with van der Waals surface area (Å²) in [6, 6.07) is 5.67. The summed E-state index contributed by atoms with van der Waals surface area (Å²) in [5.41, 5.74) is 6.11. The first-order valence-corrected chi connectivity index (χ1v) is 6.63. The van der Waals surface area contributed by atoms with Gasteiger partial charge in [0.2, 0.25) is 11.8 Å². The topological polar surface area (TPSA) is 84.2 Å². The number of rotatable bonds is 4. The molecule has 2 atom stereocenters. The number of halogens is 2. The molecular formula is C14H19ClFN3O2. The van der Waals surface area contributed by atoms with E-state index in [4.69, 9.17) is 5.73 Å². The number of amides is 2. The molecule has 116 valence electrons. The number of carbonyl (C=O) groups excluding carboxylic acids is 2. The third kappa shape index (κ3) is 5.32. The highest BCUT2D eigenvalue weighted by Gasteiger charge is 2.27. The van der Waals surface area contributed by atoms with Crippen LogP contribution in [0.4, 0.5) is 10.1 Å². The summed E-state index contributed by atoms with van der Waals surface area (Å²) in [6.07, 6.45) is 2.27. The standard InChI is InChI=1S/C14H18FN3O2.ClH/c15-10-2-1-3-12(7-10)18-13(19)8-17-14(20)9-4-5-11(16)6-9;/h1-3,7,9,11H,4-6,8,16H2,(H,17,20)(H,18,19);1H. The summed E-state index contributed by atoms with van der Waals surface area (Å²) >= 11 is 0. The summed E-state index contributed by atoms with van der Waals surface area (Å²) in [5.74, 6) is -1.06.